The van der Waals surface area contributed by atoms with E-state index in [4.69, 9.17) is 11.6 Å². The van der Waals surface area contributed by atoms with Crippen LogP contribution in [0, 0.1) is 12.8 Å². The fourth-order valence-corrected chi connectivity index (χ4v) is 5.63. The standard InChI is InChI=1S/C19H23ClN4O4S2/c1-12-8-17(30(27,28)24-16(25)7-3-6-13-4-2-5-13)29-18(12)19(26)23-11-15-21-9-14(20)10-22-15/h8-10,13H,2-7,11H2,1H3,(H2-,23,24,25,26,27,28). The van der Waals surface area contributed by atoms with Crippen molar-refractivity contribution < 1.29 is 18.4 Å². The van der Waals surface area contributed by atoms with Crippen LogP contribution < -0.4 is 10.0 Å². The van der Waals surface area contributed by atoms with Gasteiger partial charge in [-0.1, -0.05) is 46.4 Å². The summed E-state index contributed by atoms with van der Waals surface area (Å²) in [6, 6.07) is 1.39. The van der Waals surface area contributed by atoms with Crippen LogP contribution in [-0.2, 0) is 25.9 Å². The van der Waals surface area contributed by atoms with E-state index in [9.17, 15) is 18.4 Å². The zero-order valence-corrected chi connectivity index (χ0v) is 18.9. The SMILES string of the molecule is Cc1cc([S+](=O)([O-])NC(=O)CCCC2CCC2)sc1C(=O)NCc1ncc(Cl)cn1. The van der Waals surface area contributed by atoms with Gasteiger partial charge in [0.15, 0.2) is 10.4 Å². The molecule has 1 aliphatic rings. The number of thiophene rings is 1. The second kappa shape index (κ2) is 9.95. The average molecular weight is 471 g/mol. The number of amides is 2. The van der Waals surface area contributed by atoms with Gasteiger partial charge in [0.2, 0.25) is 4.21 Å². The molecule has 0 aliphatic heterocycles. The Hall–Kier alpha value is -1.88. The normalized spacial score (nSPS) is 15.8. The Morgan fingerprint density at radius 2 is 2.03 bits per heavy atom. The highest BCUT2D eigenvalue weighted by molar-refractivity contribution is 7.98. The first-order chi connectivity index (χ1) is 14.2. The minimum absolute atomic E-state index is 0.0692. The molecule has 2 amide bonds. The predicted molar refractivity (Wildman–Crippen MR) is 114 cm³/mol. The van der Waals surface area contributed by atoms with E-state index >= 15 is 0 Å². The second-order valence-electron chi connectivity index (χ2n) is 7.30. The topological polar surface area (TPSA) is 124 Å². The average Bonchev–Trinajstić information content (AvgIpc) is 3.05. The second-order valence-corrected chi connectivity index (χ2v) is 10.7. The molecule has 2 heterocycles. The summed E-state index contributed by atoms with van der Waals surface area (Å²) in [7, 11) is -4.01. The Morgan fingerprint density at radius 3 is 2.67 bits per heavy atom. The molecule has 162 valence electrons. The maximum absolute atomic E-state index is 12.5. The number of carbonyl (C=O) groups is 2. The van der Waals surface area contributed by atoms with Gasteiger partial charge >= 0.3 is 0 Å². The van der Waals surface area contributed by atoms with Crippen molar-refractivity contribution >= 4 is 45.2 Å². The first-order valence-electron chi connectivity index (χ1n) is 9.65. The Labute approximate surface area is 185 Å². The summed E-state index contributed by atoms with van der Waals surface area (Å²) in [5, 5.41) is 3.04. The van der Waals surface area contributed by atoms with Crippen molar-refractivity contribution in [2.75, 3.05) is 0 Å². The zero-order chi connectivity index (χ0) is 21.7. The van der Waals surface area contributed by atoms with Gasteiger partial charge in [0, 0.05) is 24.9 Å². The van der Waals surface area contributed by atoms with Crippen molar-refractivity contribution in [3.8, 4) is 0 Å². The number of halogens is 1. The number of nitrogens with one attached hydrogen (secondary N) is 2. The van der Waals surface area contributed by atoms with Crippen LogP contribution in [0.15, 0.2) is 22.7 Å². The molecule has 2 aromatic rings. The molecule has 0 bridgehead atoms. The molecule has 2 N–H and O–H groups in total. The van der Waals surface area contributed by atoms with E-state index in [0.717, 1.165) is 17.8 Å². The number of hydrogen-bond donors (Lipinski definition) is 2. The smallest absolute Gasteiger partial charge is 0.262 e. The molecule has 2 aromatic heterocycles. The van der Waals surface area contributed by atoms with E-state index in [1.54, 1.807) is 6.92 Å². The third-order valence-electron chi connectivity index (χ3n) is 4.94. The number of carbonyl (C=O) groups excluding carboxylic acids is 2. The molecular formula is C19H23ClN4O4S2. The molecule has 0 saturated heterocycles. The van der Waals surface area contributed by atoms with Gasteiger partial charge < -0.3 is 9.87 Å². The highest BCUT2D eigenvalue weighted by Gasteiger charge is 2.29. The fraction of sp³-hybridized carbons (Fsp3) is 0.474. The van der Waals surface area contributed by atoms with E-state index in [0.29, 0.717) is 28.7 Å². The summed E-state index contributed by atoms with van der Waals surface area (Å²) >= 11 is 6.54. The zero-order valence-electron chi connectivity index (χ0n) is 16.5. The molecule has 1 saturated carbocycles. The number of hydrogen-bond acceptors (Lipinski definition) is 7. The molecule has 1 fully saturated rings. The van der Waals surface area contributed by atoms with Gasteiger partial charge in [0.25, 0.3) is 11.8 Å². The number of sulfonamides is 1. The molecule has 11 heteroatoms. The minimum Gasteiger partial charge on any atom is -0.588 e. The highest BCUT2D eigenvalue weighted by atomic mass is 35.5. The third kappa shape index (κ3) is 6.07. The van der Waals surface area contributed by atoms with Crippen LogP contribution in [-0.4, -0.2) is 26.3 Å². The number of rotatable bonds is 9. The van der Waals surface area contributed by atoms with Crippen molar-refractivity contribution in [1.82, 2.24) is 20.0 Å². The molecule has 1 unspecified atom stereocenters. The lowest BCUT2D eigenvalue weighted by atomic mass is 9.82. The summed E-state index contributed by atoms with van der Waals surface area (Å²) in [5.41, 5.74) is 0.507. The van der Waals surface area contributed by atoms with E-state index in [2.05, 4.69) is 20.0 Å². The molecule has 8 nitrogen and oxygen atoms in total. The van der Waals surface area contributed by atoms with E-state index < -0.39 is 22.2 Å². The van der Waals surface area contributed by atoms with Crippen molar-refractivity contribution in [2.24, 2.45) is 5.92 Å². The molecule has 1 aliphatic carbocycles. The minimum atomic E-state index is -4.01. The predicted octanol–water partition coefficient (Wildman–Crippen LogP) is 3.42. The first kappa shape index (κ1) is 22.8. The third-order valence-corrected chi connectivity index (χ3v) is 8.21. The fourth-order valence-electron chi connectivity index (χ4n) is 3.06. The van der Waals surface area contributed by atoms with Crippen LogP contribution in [0.5, 0.6) is 0 Å². The Kier molecular flexibility index (Phi) is 7.56. The molecule has 1 atom stereocenters. The summed E-state index contributed by atoms with van der Waals surface area (Å²) in [6.45, 7) is 1.72. The van der Waals surface area contributed by atoms with Gasteiger partial charge in [0.05, 0.1) is 16.4 Å². The quantitative estimate of drug-likeness (QED) is 0.541. The maximum Gasteiger partial charge on any atom is 0.262 e. The summed E-state index contributed by atoms with van der Waals surface area (Å²) in [5.74, 6) is 0.0910. The van der Waals surface area contributed by atoms with Crippen LogP contribution in [0.4, 0.5) is 0 Å². The molecular weight excluding hydrogens is 448 g/mol. The van der Waals surface area contributed by atoms with Crippen LogP contribution in [0.1, 0.15) is 59.6 Å². The first-order valence-corrected chi connectivity index (χ1v) is 12.3. The largest absolute Gasteiger partial charge is 0.588 e. The molecule has 0 radical (unpaired) electrons. The van der Waals surface area contributed by atoms with Gasteiger partial charge in [-0.15, -0.1) is 0 Å². The van der Waals surface area contributed by atoms with E-state index in [1.807, 2.05) is 0 Å². The summed E-state index contributed by atoms with van der Waals surface area (Å²) < 4.78 is 27.1. The van der Waals surface area contributed by atoms with E-state index in [1.165, 1.54) is 37.7 Å². The van der Waals surface area contributed by atoms with Gasteiger partial charge in [-0.05, 0) is 31.2 Å². The highest BCUT2D eigenvalue weighted by Crippen LogP contribution is 2.31. The Balaban J connectivity index is 1.55. The monoisotopic (exact) mass is 470 g/mol. The van der Waals surface area contributed by atoms with Crippen molar-refractivity contribution in [3.05, 3.63) is 39.7 Å². The lowest BCUT2D eigenvalue weighted by Crippen LogP contribution is -2.35. The lowest BCUT2D eigenvalue weighted by molar-refractivity contribution is -0.119. The molecule has 30 heavy (non-hydrogen) atoms. The van der Waals surface area contributed by atoms with Crippen LogP contribution >= 0.6 is 22.9 Å². The van der Waals surface area contributed by atoms with Crippen molar-refractivity contribution in [2.45, 2.75) is 56.2 Å². The molecule has 3 rings (SSSR count). The van der Waals surface area contributed by atoms with Crippen LogP contribution in [0.25, 0.3) is 0 Å². The van der Waals surface area contributed by atoms with Crippen molar-refractivity contribution in [1.29, 1.82) is 0 Å². The summed E-state index contributed by atoms with van der Waals surface area (Å²) in [6.07, 6.45) is 8.29. The number of nitrogens with zero attached hydrogens (tertiary/aromatic N) is 2. The number of aromatic nitrogens is 2. The lowest BCUT2D eigenvalue weighted by Gasteiger charge is -2.24. The molecule has 0 spiro atoms. The number of aryl methyl sites for hydroxylation is 1. The van der Waals surface area contributed by atoms with Gasteiger partial charge in [-0.3, -0.25) is 9.59 Å². The van der Waals surface area contributed by atoms with Gasteiger partial charge in [-0.25, -0.2) is 9.97 Å². The van der Waals surface area contributed by atoms with E-state index in [-0.39, 0.29) is 22.1 Å². The van der Waals surface area contributed by atoms with Crippen molar-refractivity contribution in [3.63, 3.8) is 0 Å². The van der Waals surface area contributed by atoms with Crippen LogP contribution in [0.3, 0.4) is 0 Å². The Bertz CT molecular complexity index is 960. The van der Waals surface area contributed by atoms with Crippen LogP contribution in [0.2, 0.25) is 5.02 Å². The molecule has 0 aromatic carbocycles. The van der Waals surface area contributed by atoms with Gasteiger partial charge in [-0.2, -0.15) is 4.72 Å². The maximum atomic E-state index is 12.5. The summed E-state index contributed by atoms with van der Waals surface area (Å²) in [4.78, 5) is 32.7. The van der Waals surface area contributed by atoms with Gasteiger partial charge in [0.1, 0.15) is 5.82 Å². The Morgan fingerprint density at radius 1 is 1.33 bits per heavy atom.